The van der Waals surface area contributed by atoms with Crippen molar-refractivity contribution in [1.82, 2.24) is 0 Å². The van der Waals surface area contributed by atoms with Crippen LogP contribution in [0.3, 0.4) is 0 Å². The van der Waals surface area contributed by atoms with E-state index in [2.05, 4.69) is 0 Å². The number of methoxy groups -OCH3 is 2. The summed E-state index contributed by atoms with van der Waals surface area (Å²) in [7, 11) is 3.04. The quantitative estimate of drug-likeness (QED) is 0.314. The second kappa shape index (κ2) is 9.22. The van der Waals surface area contributed by atoms with Crippen molar-refractivity contribution in [2.24, 2.45) is 0 Å². The van der Waals surface area contributed by atoms with Gasteiger partial charge in [0, 0.05) is 11.6 Å². The van der Waals surface area contributed by atoms with Crippen LogP contribution in [0.2, 0.25) is 0 Å². The molecular weight excluding hydrogens is 408 g/mol. The molecular formula is C26H20O6. The fourth-order valence-electron chi connectivity index (χ4n) is 3.25. The van der Waals surface area contributed by atoms with Gasteiger partial charge in [0.2, 0.25) is 11.2 Å². The Balaban J connectivity index is 1.80. The lowest BCUT2D eigenvalue weighted by atomic mass is 10.1. The van der Waals surface area contributed by atoms with Gasteiger partial charge in [-0.3, -0.25) is 4.79 Å². The third-order valence-electron chi connectivity index (χ3n) is 4.82. The number of hydrogen-bond acceptors (Lipinski definition) is 6. The van der Waals surface area contributed by atoms with Crippen molar-refractivity contribution in [1.29, 1.82) is 0 Å². The summed E-state index contributed by atoms with van der Waals surface area (Å²) in [6, 6.07) is 21.1. The number of fused-ring (bicyclic) bond motifs is 1. The van der Waals surface area contributed by atoms with Gasteiger partial charge in [0.05, 0.1) is 19.6 Å². The first-order chi connectivity index (χ1) is 15.6. The summed E-state index contributed by atoms with van der Waals surface area (Å²) in [5.74, 6) is 0.193. The largest absolute Gasteiger partial charge is 0.493 e. The van der Waals surface area contributed by atoms with E-state index in [1.165, 1.54) is 20.3 Å². The highest BCUT2D eigenvalue weighted by molar-refractivity contribution is 5.91. The molecule has 0 fully saturated rings. The lowest BCUT2D eigenvalue weighted by Crippen LogP contribution is -2.14. The summed E-state index contributed by atoms with van der Waals surface area (Å²) in [4.78, 5) is 25.7. The number of benzene rings is 3. The van der Waals surface area contributed by atoms with Crippen LogP contribution in [0.5, 0.6) is 17.2 Å². The van der Waals surface area contributed by atoms with E-state index in [0.717, 1.165) is 5.56 Å². The Morgan fingerprint density at radius 1 is 0.875 bits per heavy atom. The van der Waals surface area contributed by atoms with E-state index in [1.54, 1.807) is 48.5 Å². The summed E-state index contributed by atoms with van der Waals surface area (Å²) >= 11 is 0. The summed E-state index contributed by atoms with van der Waals surface area (Å²) in [5, 5.41) is 0.312. The molecule has 0 bridgehead atoms. The minimum Gasteiger partial charge on any atom is -0.493 e. The zero-order valence-electron chi connectivity index (χ0n) is 17.5. The molecule has 0 N–H and O–H groups in total. The molecule has 160 valence electrons. The van der Waals surface area contributed by atoms with Gasteiger partial charge in [0.1, 0.15) is 5.58 Å². The van der Waals surface area contributed by atoms with E-state index >= 15 is 0 Å². The minimum absolute atomic E-state index is 0.121. The van der Waals surface area contributed by atoms with E-state index in [4.69, 9.17) is 18.6 Å². The summed E-state index contributed by atoms with van der Waals surface area (Å²) in [6.45, 7) is 0. The van der Waals surface area contributed by atoms with Gasteiger partial charge in [-0.1, -0.05) is 42.5 Å². The Morgan fingerprint density at radius 3 is 2.34 bits per heavy atom. The third kappa shape index (κ3) is 4.25. The average molecular weight is 428 g/mol. The summed E-state index contributed by atoms with van der Waals surface area (Å²) in [6.07, 6.45) is 2.88. The van der Waals surface area contributed by atoms with Crippen LogP contribution in [0.15, 0.2) is 88.1 Å². The van der Waals surface area contributed by atoms with Crippen LogP contribution >= 0.6 is 0 Å². The van der Waals surface area contributed by atoms with E-state index in [-0.39, 0.29) is 11.5 Å². The predicted molar refractivity (Wildman–Crippen MR) is 122 cm³/mol. The van der Waals surface area contributed by atoms with Crippen LogP contribution in [0.25, 0.3) is 28.4 Å². The first kappa shape index (κ1) is 20.9. The van der Waals surface area contributed by atoms with Gasteiger partial charge in [-0.2, -0.15) is 0 Å². The van der Waals surface area contributed by atoms with Crippen LogP contribution in [0.4, 0.5) is 0 Å². The zero-order valence-corrected chi connectivity index (χ0v) is 17.5. The molecule has 0 radical (unpaired) electrons. The Bertz CT molecular complexity index is 1350. The lowest BCUT2D eigenvalue weighted by Gasteiger charge is -2.12. The number of carbonyl (C=O) groups is 1. The Labute approximate surface area is 184 Å². The van der Waals surface area contributed by atoms with Crippen molar-refractivity contribution >= 4 is 23.0 Å². The number of para-hydroxylation sites is 1. The monoisotopic (exact) mass is 428 g/mol. The van der Waals surface area contributed by atoms with Gasteiger partial charge in [-0.15, -0.1) is 0 Å². The van der Waals surface area contributed by atoms with Crippen molar-refractivity contribution in [2.45, 2.75) is 0 Å². The molecule has 4 aromatic rings. The number of ether oxygens (including phenoxy) is 3. The van der Waals surface area contributed by atoms with Gasteiger partial charge in [-0.05, 0) is 42.0 Å². The Hall–Kier alpha value is -4.32. The highest BCUT2D eigenvalue weighted by atomic mass is 16.5. The normalized spacial score (nSPS) is 10.9. The number of rotatable bonds is 6. The maximum Gasteiger partial charge on any atom is 0.336 e. The molecule has 0 aliphatic heterocycles. The molecule has 0 saturated carbocycles. The predicted octanol–water partition coefficient (Wildman–Crippen LogP) is 5.10. The van der Waals surface area contributed by atoms with E-state index in [1.807, 2.05) is 30.3 Å². The maximum absolute atomic E-state index is 13.2. The van der Waals surface area contributed by atoms with Crippen LogP contribution in [0.1, 0.15) is 5.56 Å². The Morgan fingerprint density at radius 2 is 1.59 bits per heavy atom. The second-order valence-corrected chi connectivity index (χ2v) is 6.82. The van der Waals surface area contributed by atoms with Crippen molar-refractivity contribution in [3.8, 4) is 28.6 Å². The van der Waals surface area contributed by atoms with Crippen molar-refractivity contribution in [2.75, 3.05) is 14.2 Å². The number of carbonyl (C=O) groups excluding carboxylic acids is 1. The first-order valence-corrected chi connectivity index (χ1v) is 9.84. The van der Waals surface area contributed by atoms with Crippen molar-refractivity contribution in [3.05, 3.63) is 94.7 Å². The molecule has 0 aliphatic rings. The molecule has 3 aromatic carbocycles. The van der Waals surface area contributed by atoms with E-state index in [9.17, 15) is 9.59 Å². The topological polar surface area (TPSA) is 75.0 Å². The van der Waals surface area contributed by atoms with Gasteiger partial charge in [0.15, 0.2) is 17.3 Å². The molecule has 0 atom stereocenters. The van der Waals surface area contributed by atoms with E-state index in [0.29, 0.717) is 28.0 Å². The van der Waals surface area contributed by atoms with Crippen LogP contribution in [0, 0.1) is 0 Å². The van der Waals surface area contributed by atoms with Crippen LogP contribution in [-0.4, -0.2) is 20.2 Å². The molecule has 0 aliphatic carbocycles. The highest BCUT2D eigenvalue weighted by Gasteiger charge is 2.21. The summed E-state index contributed by atoms with van der Waals surface area (Å²) in [5.41, 5.74) is 1.26. The molecule has 6 heteroatoms. The molecule has 32 heavy (non-hydrogen) atoms. The smallest absolute Gasteiger partial charge is 0.336 e. The van der Waals surface area contributed by atoms with Gasteiger partial charge < -0.3 is 18.6 Å². The maximum atomic E-state index is 13.2. The Kier molecular flexibility index (Phi) is 6.03. The number of esters is 1. The molecule has 1 heterocycles. The van der Waals surface area contributed by atoms with Crippen molar-refractivity contribution in [3.63, 3.8) is 0 Å². The standard InChI is InChI=1S/C26H20O6/c1-29-21-14-13-18(16-22(21)30-2)25-26(24(28)19-10-6-7-11-20(19)31-25)32-23(27)15-12-17-8-4-3-5-9-17/h3-16H,1-2H3/b15-12+. The number of hydrogen-bond donors (Lipinski definition) is 0. The molecule has 0 spiro atoms. The molecule has 0 saturated heterocycles. The minimum atomic E-state index is -0.696. The summed E-state index contributed by atoms with van der Waals surface area (Å²) < 4.78 is 22.1. The van der Waals surface area contributed by atoms with E-state index < -0.39 is 11.4 Å². The molecule has 0 amide bonds. The molecule has 1 aromatic heterocycles. The SMILES string of the molecule is COc1ccc(-c2oc3ccccc3c(=O)c2OC(=O)/C=C/c2ccccc2)cc1OC. The molecule has 4 rings (SSSR count). The fourth-order valence-corrected chi connectivity index (χ4v) is 3.25. The third-order valence-corrected chi connectivity index (χ3v) is 4.82. The fraction of sp³-hybridized carbons (Fsp3) is 0.0769. The first-order valence-electron chi connectivity index (χ1n) is 9.84. The highest BCUT2D eigenvalue weighted by Crippen LogP contribution is 2.36. The van der Waals surface area contributed by atoms with Crippen molar-refractivity contribution < 1.29 is 23.4 Å². The van der Waals surface area contributed by atoms with Gasteiger partial charge in [0.25, 0.3) is 0 Å². The molecule has 0 unspecified atom stereocenters. The lowest BCUT2D eigenvalue weighted by molar-refractivity contribution is -0.129. The second-order valence-electron chi connectivity index (χ2n) is 6.82. The van der Waals surface area contributed by atoms with Crippen LogP contribution < -0.4 is 19.6 Å². The molecule has 6 nitrogen and oxygen atoms in total. The van der Waals surface area contributed by atoms with Gasteiger partial charge >= 0.3 is 5.97 Å². The average Bonchev–Trinajstić information content (AvgIpc) is 2.84. The zero-order chi connectivity index (χ0) is 22.5. The van der Waals surface area contributed by atoms with Crippen LogP contribution in [-0.2, 0) is 4.79 Å². The van der Waals surface area contributed by atoms with Gasteiger partial charge in [-0.25, -0.2) is 4.79 Å².